The van der Waals surface area contributed by atoms with Crippen molar-refractivity contribution in [2.24, 2.45) is 0 Å². The molecule has 1 atom stereocenters. The molecule has 2 aromatic rings. The fourth-order valence-corrected chi connectivity index (χ4v) is 1.33. The van der Waals surface area contributed by atoms with Gasteiger partial charge in [-0.15, -0.1) is 0 Å². The normalized spacial score (nSPS) is 12.6. The Morgan fingerprint density at radius 2 is 2.07 bits per heavy atom. The number of benzene rings is 1. The van der Waals surface area contributed by atoms with Crippen molar-refractivity contribution in [2.45, 2.75) is 12.5 Å². The molecule has 0 spiro atoms. The first-order valence-electron chi connectivity index (χ1n) is 4.46. The van der Waals surface area contributed by atoms with E-state index in [1.54, 1.807) is 6.20 Å². The summed E-state index contributed by atoms with van der Waals surface area (Å²) in [5, 5.41) is 9.80. The summed E-state index contributed by atoms with van der Waals surface area (Å²) >= 11 is 0. The van der Waals surface area contributed by atoms with Gasteiger partial charge in [-0.05, 0) is 5.56 Å². The Hall–Kier alpha value is -1.61. The standard InChI is InChI=1S/C11H11NO2/c13-11(6-10-7-12-8-14-10)9-4-2-1-3-5-9/h1-5,7-8,11,13H,6H2. The van der Waals surface area contributed by atoms with E-state index in [-0.39, 0.29) is 0 Å². The van der Waals surface area contributed by atoms with Gasteiger partial charge >= 0.3 is 0 Å². The lowest BCUT2D eigenvalue weighted by Gasteiger charge is -2.07. The van der Waals surface area contributed by atoms with E-state index >= 15 is 0 Å². The van der Waals surface area contributed by atoms with Crippen LogP contribution in [0.5, 0.6) is 0 Å². The number of hydrogen-bond donors (Lipinski definition) is 1. The molecule has 0 aliphatic heterocycles. The molecule has 14 heavy (non-hydrogen) atoms. The van der Waals surface area contributed by atoms with Crippen LogP contribution in [-0.4, -0.2) is 10.1 Å². The van der Waals surface area contributed by atoms with E-state index in [9.17, 15) is 5.11 Å². The lowest BCUT2D eigenvalue weighted by Crippen LogP contribution is -2.00. The summed E-state index contributed by atoms with van der Waals surface area (Å²) < 4.78 is 5.05. The Morgan fingerprint density at radius 3 is 2.71 bits per heavy atom. The second kappa shape index (κ2) is 4.07. The highest BCUT2D eigenvalue weighted by Gasteiger charge is 2.09. The molecule has 0 saturated carbocycles. The van der Waals surface area contributed by atoms with Gasteiger partial charge in [-0.3, -0.25) is 0 Å². The van der Waals surface area contributed by atoms with Gasteiger partial charge in [-0.2, -0.15) is 0 Å². The predicted molar refractivity (Wildman–Crippen MR) is 51.6 cm³/mol. The molecule has 2 rings (SSSR count). The highest BCUT2D eigenvalue weighted by Crippen LogP contribution is 2.17. The molecule has 3 heteroatoms. The maximum absolute atomic E-state index is 9.80. The number of hydrogen-bond acceptors (Lipinski definition) is 3. The van der Waals surface area contributed by atoms with Crippen LogP contribution < -0.4 is 0 Å². The number of aliphatic hydroxyl groups is 1. The third kappa shape index (κ3) is 2.00. The summed E-state index contributed by atoms with van der Waals surface area (Å²) in [4.78, 5) is 3.79. The summed E-state index contributed by atoms with van der Waals surface area (Å²) in [6.45, 7) is 0. The van der Waals surface area contributed by atoms with Crippen LogP contribution in [0.3, 0.4) is 0 Å². The molecule has 0 amide bonds. The Bertz CT molecular complexity index is 369. The summed E-state index contributed by atoms with van der Waals surface area (Å²) in [5.74, 6) is 0.696. The smallest absolute Gasteiger partial charge is 0.180 e. The predicted octanol–water partition coefficient (Wildman–Crippen LogP) is 1.95. The van der Waals surface area contributed by atoms with Crippen molar-refractivity contribution in [3.63, 3.8) is 0 Å². The molecule has 1 N–H and O–H groups in total. The first-order valence-corrected chi connectivity index (χ1v) is 4.46. The van der Waals surface area contributed by atoms with E-state index in [0.29, 0.717) is 12.2 Å². The first kappa shape index (κ1) is 8.97. The maximum atomic E-state index is 9.80. The number of rotatable bonds is 3. The van der Waals surface area contributed by atoms with Crippen LogP contribution in [0.15, 0.2) is 47.3 Å². The molecule has 0 aliphatic carbocycles. The van der Waals surface area contributed by atoms with Crippen molar-refractivity contribution in [3.8, 4) is 0 Å². The van der Waals surface area contributed by atoms with Crippen molar-refractivity contribution in [1.82, 2.24) is 4.98 Å². The van der Waals surface area contributed by atoms with Crippen LogP contribution >= 0.6 is 0 Å². The molecule has 0 radical (unpaired) electrons. The molecule has 3 nitrogen and oxygen atoms in total. The first-order chi connectivity index (χ1) is 6.86. The van der Waals surface area contributed by atoms with Crippen LogP contribution in [0.1, 0.15) is 17.4 Å². The summed E-state index contributed by atoms with van der Waals surface area (Å²) in [6, 6.07) is 9.50. The number of aromatic nitrogens is 1. The van der Waals surface area contributed by atoms with Gasteiger partial charge in [0.1, 0.15) is 5.76 Å². The van der Waals surface area contributed by atoms with Gasteiger partial charge in [0.05, 0.1) is 12.3 Å². The van der Waals surface area contributed by atoms with Crippen molar-refractivity contribution < 1.29 is 9.52 Å². The lowest BCUT2D eigenvalue weighted by atomic mass is 10.1. The van der Waals surface area contributed by atoms with Crippen molar-refractivity contribution in [2.75, 3.05) is 0 Å². The highest BCUT2D eigenvalue weighted by atomic mass is 16.3. The molecule has 72 valence electrons. The minimum atomic E-state index is -0.524. The Balaban J connectivity index is 2.07. The fraction of sp³-hybridized carbons (Fsp3) is 0.182. The fourth-order valence-electron chi connectivity index (χ4n) is 1.33. The van der Waals surface area contributed by atoms with Gasteiger partial charge in [0, 0.05) is 6.42 Å². The third-order valence-electron chi connectivity index (χ3n) is 2.06. The zero-order valence-corrected chi connectivity index (χ0v) is 7.63. The molecule has 1 unspecified atom stereocenters. The molecule has 0 bridgehead atoms. The number of oxazole rings is 1. The van der Waals surface area contributed by atoms with Gasteiger partial charge in [0.25, 0.3) is 0 Å². The van der Waals surface area contributed by atoms with E-state index in [0.717, 1.165) is 5.56 Å². The summed E-state index contributed by atoms with van der Waals surface area (Å²) in [5.41, 5.74) is 0.893. The maximum Gasteiger partial charge on any atom is 0.180 e. The minimum absolute atomic E-state index is 0.462. The average molecular weight is 189 g/mol. The average Bonchev–Trinajstić information content (AvgIpc) is 2.72. The zero-order valence-electron chi connectivity index (χ0n) is 7.63. The highest BCUT2D eigenvalue weighted by molar-refractivity contribution is 5.18. The van der Waals surface area contributed by atoms with Gasteiger partial charge in [-0.1, -0.05) is 30.3 Å². The Kier molecular flexibility index (Phi) is 2.60. The molecule has 1 heterocycles. The Labute approximate surface area is 82.0 Å². The quantitative estimate of drug-likeness (QED) is 0.802. The van der Waals surface area contributed by atoms with Gasteiger partial charge in [-0.25, -0.2) is 4.98 Å². The lowest BCUT2D eigenvalue weighted by molar-refractivity contribution is 0.170. The summed E-state index contributed by atoms with van der Waals surface area (Å²) in [6.07, 6.45) is 2.92. The van der Waals surface area contributed by atoms with Crippen LogP contribution in [0, 0.1) is 0 Å². The molecular formula is C11H11NO2. The monoisotopic (exact) mass is 189 g/mol. The zero-order chi connectivity index (χ0) is 9.80. The van der Waals surface area contributed by atoms with Crippen LogP contribution in [0.4, 0.5) is 0 Å². The second-order valence-electron chi connectivity index (χ2n) is 3.10. The molecule has 0 fully saturated rings. The van der Waals surface area contributed by atoms with Gasteiger partial charge in [0.2, 0.25) is 0 Å². The Morgan fingerprint density at radius 1 is 1.29 bits per heavy atom. The van der Waals surface area contributed by atoms with Gasteiger partial charge < -0.3 is 9.52 Å². The SMILES string of the molecule is OC(Cc1cnco1)c1ccccc1. The molecule has 1 aromatic carbocycles. The number of aliphatic hydroxyl groups excluding tert-OH is 1. The molecule has 0 aliphatic rings. The van der Waals surface area contributed by atoms with Crippen molar-refractivity contribution in [3.05, 3.63) is 54.2 Å². The van der Waals surface area contributed by atoms with Crippen molar-refractivity contribution >= 4 is 0 Å². The van der Waals surface area contributed by atoms with Gasteiger partial charge in [0.15, 0.2) is 6.39 Å². The minimum Gasteiger partial charge on any atom is -0.448 e. The van der Waals surface area contributed by atoms with Crippen LogP contribution in [0.25, 0.3) is 0 Å². The topological polar surface area (TPSA) is 46.3 Å². The summed E-state index contributed by atoms with van der Waals surface area (Å²) in [7, 11) is 0. The van der Waals surface area contributed by atoms with E-state index in [4.69, 9.17) is 4.42 Å². The van der Waals surface area contributed by atoms with Crippen LogP contribution in [0.2, 0.25) is 0 Å². The largest absolute Gasteiger partial charge is 0.448 e. The van der Waals surface area contributed by atoms with E-state index in [1.165, 1.54) is 6.39 Å². The number of nitrogens with zero attached hydrogens (tertiary/aromatic N) is 1. The molecule has 1 aromatic heterocycles. The third-order valence-corrected chi connectivity index (χ3v) is 2.06. The van der Waals surface area contributed by atoms with E-state index < -0.39 is 6.10 Å². The van der Waals surface area contributed by atoms with E-state index in [2.05, 4.69) is 4.98 Å². The molecular weight excluding hydrogens is 178 g/mol. The van der Waals surface area contributed by atoms with Crippen LogP contribution in [-0.2, 0) is 6.42 Å². The second-order valence-corrected chi connectivity index (χ2v) is 3.10. The molecule has 0 saturated heterocycles. The van der Waals surface area contributed by atoms with Crippen molar-refractivity contribution in [1.29, 1.82) is 0 Å². The van der Waals surface area contributed by atoms with E-state index in [1.807, 2.05) is 30.3 Å².